The van der Waals surface area contributed by atoms with Gasteiger partial charge in [0.1, 0.15) is 31.0 Å². The van der Waals surface area contributed by atoms with Crippen LogP contribution in [-0.2, 0) is 53.0 Å². The maximum atomic E-state index is 13.2. The standard InChI is InChI=1S/C36H41NO9S/c1-3-21-41-35-34(43-23-27-15-9-5-10-16-27)32(42-22-26-13-7-4-8-14-26)33(31(46-35)30(39)25(2)47)45-29(38)19-20-37-36(40)44-24-28-17-11-6-12-18-28/h3-18,30-35,39H,1,19-24H2,2H3,(H,37,40)/t30?,31-,32+,33-,34-,35-/m1/s1. The molecule has 0 aromatic heterocycles. The van der Waals surface area contributed by atoms with Crippen molar-refractivity contribution < 1.29 is 43.1 Å². The number of nitrogens with one attached hydrogen (secondary N) is 1. The molecule has 0 radical (unpaired) electrons. The second-order valence-electron chi connectivity index (χ2n) is 10.9. The molecule has 3 aromatic carbocycles. The van der Waals surface area contributed by atoms with Gasteiger partial charge in [0, 0.05) is 11.4 Å². The summed E-state index contributed by atoms with van der Waals surface area (Å²) in [7, 11) is 0. The molecule has 0 aliphatic carbocycles. The number of aliphatic hydroxyl groups excluding tert-OH is 1. The van der Waals surface area contributed by atoms with Crippen molar-refractivity contribution >= 4 is 29.1 Å². The van der Waals surface area contributed by atoms with Crippen LogP contribution in [0, 0.1) is 0 Å². The van der Waals surface area contributed by atoms with Crippen LogP contribution in [0.15, 0.2) is 104 Å². The van der Waals surface area contributed by atoms with E-state index in [4.69, 9.17) is 40.6 Å². The summed E-state index contributed by atoms with van der Waals surface area (Å²) < 4.78 is 36.2. The Morgan fingerprint density at radius 3 is 1.91 bits per heavy atom. The van der Waals surface area contributed by atoms with E-state index >= 15 is 0 Å². The molecule has 47 heavy (non-hydrogen) atoms. The van der Waals surface area contributed by atoms with E-state index in [0.717, 1.165) is 16.7 Å². The molecule has 1 aliphatic rings. The van der Waals surface area contributed by atoms with Gasteiger partial charge < -0.3 is 38.8 Å². The maximum absolute atomic E-state index is 13.2. The highest BCUT2D eigenvalue weighted by Crippen LogP contribution is 2.32. The number of carbonyl (C=O) groups is 2. The number of amides is 1. The Labute approximate surface area is 280 Å². The number of aliphatic hydroxyl groups is 1. The summed E-state index contributed by atoms with van der Waals surface area (Å²) in [6.45, 7) is 5.80. The summed E-state index contributed by atoms with van der Waals surface area (Å²) in [6.07, 6.45) is -5.77. The Kier molecular flexibility index (Phi) is 14.5. The SMILES string of the molecule is C=CCO[C@@H]1O[C@H](C(O)C(C)=S)[C@@H](OC(=O)CCNC(=O)OCc2ccccc2)[C@H](OCc2ccccc2)[C@H]1OCc1ccccc1. The lowest BCUT2D eigenvalue weighted by Gasteiger charge is -2.46. The van der Waals surface area contributed by atoms with Crippen molar-refractivity contribution in [3.05, 3.63) is 120 Å². The third-order valence-corrected chi connectivity index (χ3v) is 7.53. The molecule has 6 atom stereocenters. The Balaban J connectivity index is 1.52. The van der Waals surface area contributed by atoms with Gasteiger partial charge in [-0.3, -0.25) is 4.79 Å². The molecule has 0 saturated carbocycles. The molecule has 3 aromatic rings. The average Bonchev–Trinajstić information content (AvgIpc) is 3.09. The largest absolute Gasteiger partial charge is 0.457 e. The van der Waals surface area contributed by atoms with E-state index in [1.165, 1.54) is 0 Å². The van der Waals surface area contributed by atoms with Gasteiger partial charge >= 0.3 is 12.1 Å². The van der Waals surface area contributed by atoms with Crippen molar-refractivity contribution in [2.45, 2.75) is 70.0 Å². The molecule has 4 rings (SSSR count). The monoisotopic (exact) mass is 663 g/mol. The van der Waals surface area contributed by atoms with E-state index in [1.807, 2.05) is 91.0 Å². The number of rotatable bonds is 17. The zero-order chi connectivity index (χ0) is 33.4. The van der Waals surface area contributed by atoms with Crippen molar-refractivity contribution in [1.82, 2.24) is 5.32 Å². The quantitative estimate of drug-likeness (QED) is 0.115. The van der Waals surface area contributed by atoms with Crippen LogP contribution in [0.4, 0.5) is 4.79 Å². The van der Waals surface area contributed by atoms with Crippen LogP contribution in [0.2, 0.25) is 0 Å². The number of hydrogen-bond donors (Lipinski definition) is 2. The molecule has 1 heterocycles. The van der Waals surface area contributed by atoms with Crippen LogP contribution in [0.3, 0.4) is 0 Å². The van der Waals surface area contributed by atoms with Crippen LogP contribution < -0.4 is 5.32 Å². The number of ether oxygens (including phenoxy) is 6. The summed E-state index contributed by atoms with van der Waals surface area (Å²) >= 11 is 5.31. The zero-order valence-corrected chi connectivity index (χ0v) is 27.1. The number of thiocarbonyl (C=S) groups is 1. The second kappa shape index (κ2) is 19.0. The maximum Gasteiger partial charge on any atom is 0.407 e. The van der Waals surface area contributed by atoms with Gasteiger partial charge in [0.25, 0.3) is 0 Å². The summed E-state index contributed by atoms with van der Waals surface area (Å²) in [5, 5.41) is 13.7. The van der Waals surface area contributed by atoms with Gasteiger partial charge in [0.15, 0.2) is 12.4 Å². The number of benzene rings is 3. The first-order valence-corrected chi connectivity index (χ1v) is 15.8. The minimum atomic E-state index is -1.30. The lowest BCUT2D eigenvalue weighted by molar-refractivity contribution is -0.322. The van der Waals surface area contributed by atoms with Gasteiger partial charge in [-0.05, 0) is 23.6 Å². The van der Waals surface area contributed by atoms with Crippen molar-refractivity contribution in [3.63, 3.8) is 0 Å². The average molecular weight is 664 g/mol. The van der Waals surface area contributed by atoms with Crippen LogP contribution in [0.5, 0.6) is 0 Å². The fourth-order valence-electron chi connectivity index (χ4n) is 4.90. The first-order valence-electron chi connectivity index (χ1n) is 15.4. The molecule has 1 amide bonds. The third kappa shape index (κ3) is 11.4. The molecule has 0 bridgehead atoms. The van der Waals surface area contributed by atoms with Gasteiger partial charge in [0.2, 0.25) is 0 Å². The lowest BCUT2D eigenvalue weighted by Crippen LogP contribution is -2.64. The molecule has 11 heteroatoms. The number of carbonyl (C=O) groups excluding carboxylic acids is 2. The first kappa shape index (κ1) is 35.9. The molecular weight excluding hydrogens is 622 g/mol. The fourth-order valence-corrected chi connectivity index (χ4v) is 5.04. The van der Waals surface area contributed by atoms with Crippen molar-refractivity contribution in [2.24, 2.45) is 0 Å². The Morgan fingerprint density at radius 2 is 1.38 bits per heavy atom. The molecule has 250 valence electrons. The van der Waals surface area contributed by atoms with Crippen LogP contribution >= 0.6 is 12.2 Å². The van der Waals surface area contributed by atoms with E-state index in [9.17, 15) is 14.7 Å². The van der Waals surface area contributed by atoms with E-state index in [0.29, 0.717) is 0 Å². The summed E-state index contributed by atoms with van der Waals surface area (Å²) in [6, 6.07) is 28.3. The van der Waals surface area contributed by atoms with Crippen LogP contribution in [0.25, 0.3) is 0 Å². The smallest absolute Gasteiger partial charge is 0.407 e. The van der Waals surface area contributed by atoms with Gasteiger partial charge in [-0.15, -0.1) is 6.58 Å². The number of hydrogen-bond acceptors (Lipinski definition) is 10. The molecule has 1 saturated heterocycles. The Morgan fingerprint density at radius 1 is 0.851 bits per heavy atom. The van der Waals surface area contributed by atoms with Gasteiger partial charge in [0.05, 0.1) is 26.2 Å². The van der Waals surface area contributed by atoms with Crippen LogP contribution in [0.1, 0.15) is 30.0 Å². The molecule has 10 nitrogen and oxygen atoms in total. The highest BCUT2D eigenvalue weighted by atomic mass is 32.1. The predicted octanol–water partition coefficient (Wildman–Crippen LogP) is 5.06. The summed E-state index contributed by atoms with van der Waals surface area (Å²) in [5.41, 5.74) is 2.60. The third-order valence-electron chi connectivity index (χ3n) is 7.29. The molecule has 1 fully saturated rings. The van der Waals surface area contributed by atoms with E-state index in [2.05, 4.69) is 11.9 Å². The van der Waals surface area contributed by atoms with E-state index in [-0.39, 0.29) is 44.3 Å². The normalized spacial score (nSPS) is 21.3. The minimum absolute atomic E-state index is 0.0476. The van der Waals surface area contributed by atoms with Crippen molar-refractivity contribution in [1.29, 1.82) is 0 Å². The Bertz CT molecular complexity index is 1410. The van der Waals surface area contributed by atoms with E-state index < -0.39 is 48.9 Å². The predicted molar refractivity (Wildman–Crippen MR) is 178 cm³/mol. The molecule has 2 N–H and O–H groups in total. The summed E-state index contributed by atoms with van der Waals surface area (Å²) in [4.78, 5) is 25.7. The van der Waals surface area contributed by atoms with Crippen molar-refractivity contribution in [3.8, 4) is 0 Å². The molecule has 0 spiro atoms. The summed E-state index contributed by atoms with van der Waals surface area (Å²) in [5.74, 6) is -0.665. The lowest BCUT2D eigenvalue weighted by atomic mass is 9.93. The Hall–Kier alpha value is -3.97. The van der Waals surface area contributed by atoms with Gasteiger partial charge in [-0.25, -0.2) is 4.79 Å². The first-order chi connectivity index (χ1) is 22.9. The van der Waals surface area contributed by atoms with Gasteiger partial charge in [-0.1, -0.05) is 109 Å². The highest BCUT2D eigenvalue weighted by molar-refractivity contribution is 7.80. The topological polar surface area (TPSA) is 122 Å². The zero-order valence-electron chi connectivity index (χ0n) is 26.3. The minimum Gasteiger partial charge on any atom is -0.457 e. The number of esters is 1. The van der Waals surface area contributed by atoms with Gasteiger partial charge in [-0.2, -0.15) is 0 Å². The van der Waals surface area contributed by atoms with Crippen LogP contribution in [-0.4, -0.2) is 72.0 Å². The fraction of sp³-hybridized carbons (Fsp3) is 0.361. The van der Waals surface area contributed by atoms with Crippen molar-refractivity contribution in [2.75, 3.05) is 13.2 Å². The molecule has 1 aliphatic heterocycles. The number of alkyl carbamates (subject to hydrolysis) is 1. The highest BCUT2D eigenvalue weighted by Gasteiger charge is 2.52. The second-order valence-corrected chi connectivity index (χ2v) is 11.5. The molecular formula is C36H41NO9S. The van der Waals surface area contributed by atoms with E-state index in [1.54, 1.807) is 13.0 Å². The molecule has 1 unspecified atom stereocenters.